The number of nitrogens with one attached hydrogen (secondary N) is 1. The zero-order valence-corrected chi connectivity index (χ0v) is 10.9. The summed E-state index contributed by atoms with van der Waals surface area (Å²) >= 11 is 7.31. The molecule has 0 saturated heterocycles. The van der Waals surface area contributed by atoms with Crippen LogP contribution in [0.5, 0.6) is 0 Å². The molecule has 0 radical (unpaired) electrons. The summed E-state index contributed by atoms with van der Waals surface area (Å²) in [5, 5.41) is 2.79. The molecule has 1 aromatic rings. The van der Waals surface area contributed by atoms with Gasteiger partial charge in [0, 0.05) is 5.02 Å². The van der Waals surface area contributed by atoms with Gasteiger partial charge in [-0.25, -0.2) is 4.39 Å². The van der Waals surface area contributed by atoms with E-state index in [0.29, 0.717) is 11.4 Å². The Morgan fingerprint density at radius 3 is 3.00 bits per heavy atom. The van der Waals surface area contributed by atoms with Crippen molar-refractivity contribution in [2.75, 3.05) is 17.3 Å². The zero-order chi connectivity index (χ0) is 12.8. The number of carbonyl (C=O) groups excluding carboxylic acids is 1. The summed E-state index contributed by atoms with van der Waals surface area (Å²) in [7, 11) is 0. The minimum Gasteiger partial charge on any atom is -0.322 e. The summed E-state index contributed by atoms with van der Waals surface area (Å²) in [4.78, 5) is 11.6. The van der Waals surface area contributed by atoms with Crippen molar-refractivity contribution < 1.29 is 9.18 Å². The van der Waals surface area contributed by atoms with Crippen molar-refractivity contribution in [3.63, 3.8) is 0 Å². The number of anilines is 1. The highest BCUT2D eigenvalue weighted by molar-refractivity contribution is 7.98. The van der Waals surface area contributed by atoms with E-state index < -0.39 is 17.8 Å². The van der Waals surface area contributed by atoms with Crippen LogP contribution in [0.4, 0.5) is 10.1 Å². The highest BCUT2D eigenvalue weighted by Gasteiger charge is 2.14. The molecule has 0 aromatic heterocycles. The van der Waals surface area contributed by atoms with E-state index in [0.717, 1.165) is 5.75 Å². The highest BCUT2D eigenvalue weighted by atomic mass is 35.5. The lowest BCUT2D eigenvalue weighted by Gasteiger charge is -2.12. The summed E-state index contributed by atoms with van der Waals surface area (Å²) < 4.78 is 13.3. The first kappa shape index (κ1) is 14.3. The molecule has 17 heavy (non-hydrogen) atoms. The van der Waals surface area contributed by atoms with Crippen LogP contribution in [0.2, 0.25) is 5.02 Å². The molecule has 1 amide bonds. The maximum atomic E-state index is 13.3. The van der Waals surface area contributed by atoms with Crippen molar-refractivity contribution in [1.29, 1.82) is 0 Å². The van der Waals surface area contributed by atoms with Gasteiger partial charge >= 0.3 is 0 Å². The van der Waals surface area contributed by atoms with Crippen LogP contribution in [-0.4, -0.2) is 24.0 Å². The summed E-state index contributed by atoms with van der Waals surface area (Å²) in [6.45, 7) is 0. The Balaban J connectivity index is 2.64. The molecule has 0 unspecified atom stereocenters. The molecule has 1 rings (SSSR count). The van der Waals surface area contributed by atoms with E-state index in [2.05, 4.69) is 5.32 Å². The lowest BCUT2D eigenvalue weighted by Crippen LogP contribution is -2.36. The molecule has 1 aromatic carbocycles. The van der Waals surface area contributed by atoms with E-state index in [1.54, 1.807) is 11.8 Å². The predicted octanol–water partition coefficient (Wildman–Crippen LogP) is 2.50. The van der Waals surface area contributed by atoms with Crippen molar-refractivity contribution >= 4 is 35.0 Å². The number of hydrogen-bond acceptors (Lipinski definition) is 3. The first-order chi connectivity index (χ1) is 8.04. The van der Waals surface area contributed by atoms with E-state index >= 15 is 0 Å². The number of thioether (sulfide) groups is 1. The van der Waals surface area contributed by atoms with Gasteiger partial charge in [0.05, 0.1) is 11.7 Å². The van der Waals surface area contributed by atoms with Crippen molar-refractivity contribution in [2.24, 2.45) is 5.73 Å². The summed E-state index contributed by atoms with van der Waals surface area (Å²) in [6, 6.07) is 3.34. The van der Waals surface area contributed by atoms with Crippen molar-refractivity contribution in [1.82, 2.24) is 0 Å². The van der Waals surface area contributed by atoms with Crippen molar-refractivity contribution in [3.8, 4) is 0 Å². The molecule has 3 nitrogen and oxygen atoms in total. The van der Waals surface area contributed by atoms with Gasteiger partial charge in [-0.05, 0) is 36.6 Å². The Bertz CT molecular complexity index is 403. The number of hydrogen-bond donors (Lipinski definition) is 2. The Kier molecular flexibility index (Phi) is 5.74. The van der Waals surface area contributed by atoms with Gasteiger partial charge in [0.2, 0.25) is 5.91 Å². The van der Waals surface area contributed by atoms with E-state index in [1.807, 2.05) is 6.26 Å². The van der Waals surface area contributed by atoms with E-state index in [1.165, 1.54) is 18.2 Å². The minimum absolute atomic E-state index is 0.0575. The molecular formula is C11H14ClFN2OS. The number of nitrogens with two attached hydrogens (primary N) is 1. The molecule has 3 N–H and O–H groups in total. The number of halogens is 2. The smallest absolute Gasteiger partial charge is 0.241 e. The average Bonchev–Trinajstić information content (AvgIpc) is 2.30. The van der Waals surface area contributed by atoms with Crippen LogP contribution in [0.15, 0.2) is 18.2 Å². The normalized spacial score (nSPS) is 12.2. The monoisotopic (exact) mass is 276 g/mol. The molecule has 0 aliphatic rings. The summed E-state index contributed by atoms with van der Waals surface area (Å²) in [5.74, 6) is -0.146. The molecule has 0 heterocycles. The fraction of sp³-hybridized carbons (Fsp3) is 0.364. The SMILES string of the molecule is CSCC[C@@H](N)C(=O)Nc1cc(Cl)ccc1F. The lowest BCUT2D eigenvalue weighted by atomic mass is 10.2. The standard InChI is InChI=1S/C11H14ClFN2OS/c1-17-5-4-9(14)11(16)15-10-6-7(12)2-3-8(10)13/h2-3,6,9H,4-5,14H2,1H3,(H,15,16)/t9-/m1/s1. The van der Waals surface area contributed by atoms with Gasteiger partial charge in [0.1, 0.15) is 5.82 Å². The molecule has 0 saturated carbocycles. The third-order valence-corrected chi connectivity index (χ3v) is 3.04. The first-order valence-electron chi connectivity index (χ1n) is 5.05. The van der Waals surface area contributed by atoms with Crippen LogP contribution in [0, 0.1) is 5.82 Å². The van der Waals surface area contributed by atoms with E-state index in [9.17, 15) is 9.18 Å². The predicted molar refractivity (Wildman–Crippen MR) is 71.0 cm³/mol. The second kappa shape index (κ2) is 6.83. The third-order valence-electron chi connectivity index (χ3n) is 2.16. The number of benzene rings is 1. The van der Waals surface area contributed by atoms with E-state index in [4.69, 9.17) is 17.3 Å². The number of rotatable bonds is 5. The molecule has 94 valence electrons. The maximum absolute atomic E-state index is 13.3. The van der Waals surface area contributed by atoms with Crippen LogP contribution in [0.1, 0.15) is 6.42 Å². The second-order valence-corrected chi connectivity index (χ2v) is 4.92. The molecular weight excluding hydrogens is 263 g/mol. The van der Waals surface area contributed by atoms with Gasteiger partial charge in [-0.1, -0.05) is 11.6 Å². The topological polar surface area (TPSA) is 55.1 Å². The first-order valence-corrected chi connectivity index (χ1v) is 6.82. The number of amides is 1. The molecule has 1 atom stereocenters. The van der Waals surface area contributed by atoms with Gasteiger partial charge in [0.25, 0.3) is 0 Å². The third kappa shape index (κ3) is 4.53. The van der Waals surface area contributed by atoms with Crippen LogP contribution >= 0.6 is 23.4 Å². The summed E-state index contributed by atoms with van der Waals surface area (Å²) in [5.41, 5.74) is 5.72. The molecule has 0 fully saturated rings. The quantitative estimate of drug-likeness (QED) is 0.869. The largest absolute Gasteiger partial charge is 0.322 e. The van der Waals surface area contributed by atoms with Gasteiger partial charge in [-0.3, -0.25) is 4.79 Å². The Labute approximate surface area is 109 Å². The van der Waals surface area contributed by atoms with Gasteiger partial charge in [-0.2, -0.15) is 11.8 Å². The second-order valence-electron chi connectivity index (χ2n) is 3.50. The van der Waals surface area contributed by atoms with Crippen LogP contribution in [0.25, 0.3) is 0 Å². The van der Waals surface area contributed by atoms with Gasteiger partial charge in [0.15, 0.2) is 0 Å². The maximum Gasteiger partial charge on any atom is 0.241 e. The van der Waals surface area contributed by atoms with Crippen LogP contribution < -0.4 is 11.1 Å². The highest BCUT2D eigenvalue weighted by Crippen LogP contribution is 2.19. The Morgan fingerprint density at radius 1 is 1.65 bits per heavy atom. The molecule has 6 heteroatoms. The lowest BCUT2D eigenvalue weighted by molar-refractivity contribution is -0.117. The van der Waals surface area contributed by atoms with Crippen molar-refractivity contribution in [2.45, 2.75) is 12.5 Å². The average molecular weight is 277 g/mol. The molecule has 0 aliphatic heterocycles. The molecule has 0 spiro atoms. The van der Waals surface area contributed by atoms with Crippen molar-refractivity contribution in [3.05, 3.63) is 29.0 Å². The van der Waals surface area contributed by atoms with Crippen LogP contribution in [0.3, 0.4) is 0 Å². The van der Waals surface area contributed by atoms with Crippen LogP contribution in [-0.2, 0) is 4.79 Å². The van der Waals surface area contributed by atoms with Gasteiger partial charge in [-0.15, -0.1) is 0 Å². The fourth-order valence-electron chi connectivity index (χ4n) is 1.19. The zero-order valence-electron chi connectivity index (χ0n) is 9.37. The summed E-state index contributed by atoms with van der Waals surface area (Å²) in [6.07, 6.45) is 2.48. The fourth-order valence-corrected chi connectivity index (χ4v) is 1.86. The molecule has 0 aliphatic carbocycles. The molecule has 0 bridgehead atoms. The van der Waals surface area contributed by atoms with Gasteiger partial charge < -0.3 is 11.1 Å². The number of carbonyl (C=O) groups is 1. The Hall–Kier alpha value is -0.780. The van der Waals surface area contributed by atoms with E-state index in [-0.39, 0.29) is 5.69 Å². The minimum atomic E-state index is -0.638. The Morgan fingerprint density at radius 2 is 2.35 bits per heavy atom.